The molecule has 0 aliphatic carbocycles. The second-order valence-corrected chi connectivity index (χ2v) is 6.09. The van der Waals surface area contributed by atoms with Crippen molar-refractivity contribution in [2.24, 2.45) is 7.05 Å². The van der Waals surface area contributed by atoms with E-state index in [0.717, 1.165) is 62.0 Å². The zero-order chi connectivity index (χ0) is 15.4. The molecule has 2 rings (SSSR count). The van der Waals surface area contributed by atoms with E-state index in [4.69, 9.17) is 11.6 Å². The van der Waals surface area contributed by atoms with Gasteiger partial charge in [0.25, 0.3) is 0 Å². The molecule has 21 heavy (non-hydrogen) atoms. The van der Waals surface area contributed by atoms with E-state index in [9.17, 15) is 5.26 Å². The smallest absolute Gasteiger partial charge is 0.0978 e. The van der Waals surface area contributed by atoms with Crippen molar-refractivity contribution in [3.63, 3.8) is 0 Å². The molecular formula is C15H24ClN5. The van der Waals surface area contributed by atoms with Crippen LogP contribution in [0.25, 0.3) is 0 Å². The number of nitriles is 1. The van der Waals surface area contributed by atoms with E-state index in [0.29, 0.717) is 0 Å². The molecule has 0 N–H and O–H groups in total. The van der Waals surface area contributed by atoms with Crippen LogP contribution in [0.2, 0.25) is 5.02 Å². The normalized spacial score (nSPS) is 18.6. The lowest BCUT2D eigenvalue weighted by Gasteiger charge is -2.36. The third-order valence-electron chi connectivity index (χ3n) is 4.19. The zero-order valence-electron chi connectivity index (χ0n) is 13.1. The summed E-state index contributed by atoms with van der Waals surface area (Å²) in [6.45, 7) is 8.75. The Balaban J connectivity index is 1.91. The molecular weight excluding hydrogens is 286 g/mol. The average Bonchev–Trinajstić information content (AvgIpc) is 2.72. The van der Waals surface area contributed by atoms with Crippen molar-refractivity contribution in [2.75, 3.05) is 26.2 Å². The van der Waals surface area contributed by atoms with Crippen molar-refractivity contribution in [2.45, 2.75) is 39.3 Å². The molecule has 0 amide bonds. The van der Waals surface area contributed by atoms with Crippen molar-refractivity contribution in [1.29, 1.82) is 5.26 Å². The van der Waals surface area contributed by atoms with Gasteiger partial charge in [-0.2, -0.15) is 10.4 Å². The summed E-state index contributed by atoms with van der Waals surface area (Å²) in [7, 11) is 1.94. The fourth-order valence-corrected chi connectivity index (χ4v) is 3.12. The molecule has 5 nitrogen and oxygen atoms in total. The minimum atomic E-state index is 0.0692. The van der Waals surface area contributed by atoms with Gasteiger partial charge in [-0.25, -0.2) is 0 Å². The van der Waals surface area contributed by atoms with Crippen molar-refractivity contribution >= 4 is 11.6 Å². The predicted molar refractivity (Wildman–Crippen MR) is 84.1 cm³/mol. The molecule has 0 saturated carbocycles. The second kappa shape index (κ2) is 7.26. The van der Waals surface area contributed by atoms with E-state index in [-0.39, 0.29) is 6.04 Å². The van der Waals surface area contributed by atoms with Crippen LogP contribution in [0.1, 0.15) is 31.2 Å². The van der Waals surface area contributed by atoms with E-state index in [1.807, 2.05) is 18.7 Å². The van der Waals surface area contributed by atoms with E-state index in [1.54, 1.807) is 0 Å². The van der Waals surface area contributed by atoms with Gasteiger partial charge in [0.2, 0.25) is 0 Å². The first-order chi connectivity index (χ1) is 10.1. The van der Waals surface area contributed by atoms with Crippen LogP contribution in [0, 0.1) is 18.3 Å². The Labute approximate surface area is 132 Å². The van der Waals surface area contributed by atoms with Gasteiger partial charge in [-0.1, -0.05) is 24.9 Å². The lowest BCUT2D eigenvalue weighted by Crippen LogP contribution is -2.49. The largest absolute Gasteiger partial charge is 0.295 e. The maximum absolute atomic E-state index is 9.25. The molecule has 0 radical (unpaired) electrons. The first-order valence-corrected chi connectivity index (χ1v) is 7.98. The van der Waals surface area contributed by atoms with Crippen LogP contribution in [-0.2, 0) is 13.6 Å². The molecule has 1 unspecified atom stereocenters. The first kappa shape index (κ1) is 16.3. The van der Waals surface area contributed by atoms with Crippen molar-refractivity contribution in [3.05, 3.63) is 16.4 Å². The number of rotatable bonds is 5. The Bertz CT molecular complexity index is 511. The molecule has 2 heterocycles. The third-order valence-corrected chi connectivity index (χ3v) is 4.69. The van der Waals surface area contributed by atoms with Gasteiger partial charge in [-0.15, -0.1) is 0 Å². The Morgan fingerprint density at radius 3 is 2.48 bits per heavy atom. The SMILES string of the molecule is CCCC(C#N)N1CCN(Cc2c(Cl)c(C)nn2C)CC1. The van der Waals surface area contributed by atoms with Crippen LogP contribution in [0.3, 0.4) is 0 Å². The van der Waals surface area contributed by atoms with Crippen molar-refractivity contribution < 1.29 is 0 Å². The molecule has 116 valence electrons. The maximum atomic E-state index is 9.25. The van der Waals surface area contributed by atoms with Gasteiger partial charge in [-0.05, 0) is 13.3 Å². The highest BCUT2D eigenvalue weighted by molar-refractivity contribution is 6.31. The average molecular weight is 310 g/mol. The van der Waals surface area contributed by atoms with Gasteiger partial charge < -0.3 is 0 Å². The fourth-order valence-electron chi connectivity index (χ4n) is 2.90. The van der Waals surface area contributed by atoms with Crippen LogP contribution < -0.4 is 0 Å². The minimum absolute atomic E-state index is 0.0692. The fraction of sp³-hybridized carbons (Fsp3) is 0.733. The monoisotopic (exact) mass is 309 g/mol. The van der Waals surface area contributed by atoms with Gasteiger partial charge in [-0.3, -0.25) is 14.5 Å². The van der Waals surface area contributed by atoms with Gasteiger partial charge in [0.05, 0.1) is 28.5 Å². The molecule has 1 aliphatic rings. The maximum Gasteiger partial charge on any atom is 0.0978 e. The topological polar surface area (TPSA) is 48.1 Å². The summed E-state index contributed by atoms with van der Waals surface area (Å²) in [6, 6.07) is 2.50. The molecule has 6 heteroatoms. The van der Waals surface area contributed by atoms with E-state index < -0.39 is 0 Å². The van der Waals surface area contributed by atoms with Gasteiger partial charge in [0, 0.05) is 39.8 Å². The molecule has 1 aliphatic heterocycles. The quantitative estimate of drug-likeness (QED) is 0.836. The summed E-state index contributed by atoms with van der Waals surface area (Å²) in [5.74, 6) is 0. The lowest BCUT2D eigenvalue weighted by molar-refractivity contribution is 0.104. The Morgan fingerprint density at radius 2 is 2.00 bits per heavy atom. The zero-order valence-corrected chi connectivity index (χ0v) is 13.9. The summed E-state index contributed by atoms with van der Waals surface area (Å²) >= 11 is 6.31. The van der Waals surface area contributed by atoms with Crippen molar-refractivity contribution in [3.8, 4) is 6.07 Å². The minimum Gasteiger partial charge on any atom is -0.295 e. The molecule has 1 aromatic rings. The number of aromatic nitrogens is 2. The highest BCUT2D eigenvalue weighted by Crippen LogP contribution is 2.21. The van der Waals surface area contributed by atoms with Crippen LogP contribution in [0.5, 0.6) is 0 Å². The first-order valence-electron chi connectivity index (χ1n) is 7.60. The van der Waals surface area contributed by atoms with Crippen molar-refractivity contribution in [1.82, 2.24) is 19.6 Å². The molecule has 1 saturated heterocycles. The van der Waals surface area contributed by atoms with Gasteiger partial charge >= 0.3 is 0 Å². The van der Waals surface area contributed by atoms with Gasteiger partial charge in [0.15, 0.2) is 0 Å². The highest BCUT2D eigenvalue weighted by atomic mass is 35.5. The Morgan fingerprint density at radius 1 is 1.33 bits per heavy atom. The number of aryl methyl sites for hydroxylation is 2. The van der Waals surface area contributed by atoms with Gasteiger partial charge in [0.1, 0.15) is 0 Å². The van der Waals surface area contributed by atoms with Crippen LogP contribution in [-0.4, -0.2) is 51.8 Å². The third kappa shape index (κ3) is 3.76. The molecule has 0 aromatic carbocycles. The lowest BCUT2D eigenvalue weighted by atomic mass is 10.1. The number of hydrogen-bond donors (Lipinski definition) is 0. The molecule has 0 spiro atoms. The summed E-state index contributed by atoms with van der Waals surface area (Å²) in [5.41, 5.74) is 1.97. The van der Waals surface area contributed by atoms with E-state index in [1.165, 1.54) is 0 Å². The number of nitrogens with zero attached hydrogens (tertiary/aromatic N) is 5. The van der Waals surface area contributed by atoms with E-state index >= 15 is 0 Å². The molecule has 0 bridgehead atoms. The summed E-state index contributed by atoms with van der Waals surface area (Å²) in [5, 5.41) is 14.4. The standard InChI is InChI=1S/C15H24ClN5/c1-4-5-13(10-17)21-8-6-20(7-9-21)11-14-15(16)12(2)18-19(14)3/h13H,4-9,11H2,1-3H3. The van der Waals surface area contributed by atoms with Crippen LogP contribution in [0.4, 0.5) is 0 Å². The predicted octanol–water partition coefficient (Wildman–Crippen LogP) is 2.19. The Kier molecular flexibility index (Phi) is 5.63. The highest BCUT2D eigenvalue weighted by Gasteiger charge is 2.24. The van der Waals surface area contributed by atoms with Crippen LogP contribution >= 0.6 is 11.6 Å². The summed E-state index contributed by atoms with van der Waals surface area (Å²) < 4.78 is 1.87. The molecule has 1 fully saturated rings. The Hall–Kier alpha value is -1.09. The number of hydrogen-bond acceptors (Lipinski definition) is 4. The number of piperazine rings is 1. The second-order valence-electron chi connectivity index (χ2n) is 5.72. The van der Waals surface area contributed by atoms with E-state index in [2.05, 4.69) is 27.9 Å². The van der Waals surface area contributed by atoms with Crippen LogP contribution in [0.15, 0.2) is 0 Å². The molecule has 1 atom stereocenters. The molecule has 1 aromatic heterocycles. The number of halogens is 1. The summed E-state index contributed by atoms with van der Waals surface area (Å²) in [6.07, 6.45) is 2.02. The summed E-state index contributed by atoms with van der Waals surface area (Å²) in [4.78, 5) is 4.69.